The van der Waals surface area contributed by atoms with Crippen molar-refractivity contribution in [2.45, 2.75) is 6.92 Å². The van der Waals surface area contributed by atoms with Gasteiger partial charge >= 0.3 is 0 Å². The van der Waals surface area contributed by atoms with Crippen LogP contribution in [-0.2, 0) is 0 Å². The lowest BCUT2D eigenvalue weighted by atomic mass is 10.1. The van der Waals surface area contributed by atoms with Gasteiger partial charge in [0, 0.05) is 11.3 Å². The maximum absolute atomic E-state index is 12.0. The number of anilines is 1. The summed E-state index contributed by atoms with van der Waals surface area (Å²) in [5.41, 5.74) is 5.62. The first-order valence-electron chi connectivity index (χ1n) is 5.51. The third kappa shape index (κ3) is 2.15. The van der Waals surface area contributed by atoms with Crippen LogP contribution in [-0.4, -0.2) is 20.9 Å². The first-order chi connectivity index (χ1) is 8.91. The van der Waals surface area contributed by atoms with Gasteiger partial charge in [0.25, 0.3) is 0 Å². The van der Waals surface area contributed by atoms with Crippen LogP contribution < -0.4 is 11.2 Å². The molecule has 0 saturated heterocycles. The number of hydrogen-bond acceptors (Lipinski definition) is 5. The number of phenols is 1. The van der Waals surface area contributed by atoms with Crippen LogP contribution in [0.1, 0.15) is 12.5 Å². The van der Waals surface area contributed by atoms with Crippen molar-refractivity contribution in [3.8, 4) is 22.8 Å². The van der Waals surface area contributed by atoms with Gasteiger partial charge in [0.15, 0.2) is 5.75 Å². The van der Waals surface area contributed by atoms with Gasteiger partial charge in [-0.3, -0.25) is 4.79 Å². The van der Waals surface area contributed by atoms with Crippen molar-refractivity contribution in [2.75, 3.05) is 5.73 Å². The van der Waals surface area contributed by atoms with E-state index >= 15 is 0 Å². The molecule has 0 unspecified atom stereocenters. The molecule has 0 aliphatic rings. The van der Waals surface area contributed by atoms with E-state index < -0.39 is 11.2 Å². The molecule has 6 nitrogen and oxygen atoms in total. The zero-order valence-corrected chi connectivity index (χ0v) is 10.2. The van der Waals surface area contributed by atoms with E-state index in [1.165, 1.54) is 31.2 Å². The van der Waals surface area contributed by atoms with E-state index in [1.807, 2.05) is 0 Å². The van der Waals surface area contributed by atoms with Crippen LogP contribution in [0.3, 0.4) is 0 Å². The Bertz CT molecular complexity index is 702. The number of nitrogens with two attached hydrogens (primary N) is 1. The van der Waals surface area contributed by atoms with Crippen LogP contribution in [0.5, 0.6) is 11.5 Å². The average Bonchev–Trinajstić information content (AvgIpc) is 2.34. The molecule has 1 aromatic carbocycles. The smallest absolute Gasteiger partial charge is 0.234 e. The molecule has 98 valence electrons. The maximum atomic E-state index is 12.0. The second-order valence-corrected chi connectivity index (χ2v) is 4.14. The molecule has 0 radical (unpaired) electrons. The lowest BCUT2D eigenvalue weighted by Gasteiger charge is -2.10. The number of H-pyrrole nitrogens is 1. The summed E-state index contributed by atoms with van der Waals surface area (Å²) in [7, 11) is 0. The van der Waals surface area contributed by atoms with Gasteiger partial charge in [0.2, 0.25) is 5.43 Å². The predicted octanol–water partition coefficient (Wildman–Crippen LogP) is 1.42. The van der Waals surface area contributed by atoms with Gasteiger partial charge in [-0.2, -0.15) is 0 Å². The highest BCUT2D eigenvalue weighted by Gasteiger charge is 2.17. The fourth-order valence-corrected chi connectivity index (χ4v) is 1.82. The van der Waals surface area contributed by atoms with E-state index in [0.29, 0.717) is 5.56 Å². The molecule has 0 aliphatic heterocycles. The summed E-state index contributed by atoms with van der Waals surface area (Å²) in [6.45, 7) is 1.42. The van der Waals surface area contributed by atoms with E-state index in [0.717, 1.165) is 0 Å². The molecule has 0 spiro atoms. The molecule has 6 N–H and O–H groups in total. The van der Waals surface area contributed by atoms with Gasteiger partial charge in [-0.25, -0.2) is 0 Å². The number of nitrogen functional groups attached to an aromatic ring is 1. The minimum Gasteiger partial charge on any atom is -0.508 e. The summed E-state index contributed by atoms with van der Waals surface area (Å²) in [4.78, 5) is 14.7. The molecule has 2 rings (SSSR count). The number of rotatable bonds is 2. The lowest BCUT2D eigenvalue weighted by molar-refractivity contribution is 0.469. The monoisotopic (exact) mass is 259 g/mol. The number of nitrogens with one attached hydrogen (secondary N) is 2. The van der Waals surface area contributed by atoms with Gasteiger partial charge in [-0.1, -0.05) is 0 Å². The molecule has 2 aromatic rings. The molecule has 0 atom stereocenters. The molecule has 6 heteroatoms. The topological polar surface area (TPSA) is 123 Å². The molecule has 0 aliphatic carbocycles. The van der Waals surface area contributed by atoms with Gasteiger partial charge in [0.1, 0.15) is 11.6 Å². The Balaban J connectivity index is 2.70. The first-order valence-corrected chi connectivity index (χ1v) is 5.51. The zero-order chi connectivity index (χ0) is 14.2. The van der Waals surface area contributed by atoms with E-state index in [2.05, 4.69) is 4.98 Å². The Kier molecular flexibility index (Phi) is 3.00. The van der Waals surface area contributed by atoms with Gasteiger partial charge in [-0.05, 0) is 31.2 Å². The van der Waals surface area contributed by atoms with E-state index in [4.69, 9.17) is 11.1 Å². The summed E-state index contributed by atoms with van der Waals surface area (Å²) < 4.78 is 0. The number of benzene rings is 1. The number of pyridine rings is 1. The molecule has 19 heavy (non-hydrogen) atoms. The van der Waals surface area contributed by atoms with Crippen molar-refractivity contribution in [3.05, 3.63) is 40.1 Å². The molecule has 0 bridgehead atoms. The van der Waals surface area contributed by atoms with E-state index in [-0.39, 0.29) is 28.5 Å². The second-order valence-electron chi connectivity index (χ2n) is 4.14. The SMILES string of the molecule is CC(=N)c1c(N)[nH]c(-c2ccc(O)cc2)c(O)c1=O. The third-order valence-corrected chi connectivity index (χ3v) is 2.74. The molecule has 1 aromatic heterocycles. The van der Waals surface area contributed by atoms with Crippen molar-refractivity contribution in [1.29, 1.82) is 5.41 Å². The Labute approximate surface area is 108 Å². The number of aromatic nitrogens is 1. The van der Waals surface area contributed by atoms with Crippen molar-refractivity contribution < 1.29 is 10.2 Å². The number of hydrogen-bond donors (Lipinski definition) is 5. The standard InChI is InChI=1S/C13H13N3O3/c1-6(14)9-11(18)12(19)10(16-13(9)15)7-2-4-8(17)5-3-7/h2-5,14,17,19H,1H3,(H3,15,16,18). The van der Waals surface area contributed by atoms with E-state index in [9.17, 15) is 15.0 Å². The number of phenolic OH excluding ortho intramolecular Hbond substituents is 1. The second kappa shape index (κ2) is 4.49. The summed E-state index contributed by atoms with van der Waals surface area (Å²) >= 11 is 0. The van der Waals surface area contributed by atoms with Crippen LogP contribution in [0.25, 0.3) is 11.3 Å². The average molecular weight is 259 g/mol. The normalized spacial score (nSPS) is 10.4. The van der Waals surface area contributed by atoms with Crippen LogP contribution in [0.2, 0.25) is 0 Å². The van der Waals surface area contributed by atoms with Crippen LogP contribution in [0.4, 0.5) is 5.82 Å². The number of aromatic hydroxyl groups is 2. The van der Waals surface area contributed by atoms with Gasteiger partial charge in [-0.15, -0.1) is 0 Å². The minimum atomic E-state index is -0.688. The van der Waals surface area contributed by atoms with Crippen molar-refractivity contribution in [3.63, 3.8) is 0 Å². The van der Waals surface area contributed by atoms with Crippen LogP contribution in [0, 0.1) is 5.41 Å². The highest BCUT2D eigenvalue weighted by molar-refractivity contribution is 6.01. The fourth-order valence-electron chi connectivity index (χ4n) is 1.82. The van der Waals surface area contributed by atoms with Crippen LogP contribution in [0.15, 0.2) is 29.1 Å². The number of aromatic amines is 1. The first kappa shape index (κ1) is 12.7. The third-order valence-electron chi connectivity index (χ3n) is 2.74. The Morgan fingerprint density at radius 1 is 1.26 bits per heavy atom. The highest BCUT2D eigenvalue weighted by atomic mass is 16.3. The molecular weight excluding hydrogens is 246 g/mol. The molecule has 0 amide bonds. The summed E-state index contributed by atoms with van der Waals surface area (Å²) in [5, 5.41) is 26.6. The maximum Gasteiger partial charge on any atom is 0.234 e. The zero-order valence-electron chi connectivity index (χ0n) is 10.2. The molecule has 0 saturated carbocycles. The van der Waals surface area contributed by atoms with Crippen molar-refractivity contribution in [2.24, 2.45) is 0 Å². The van der Waals surface area contributed by atoms with E-state index in [1.54, 1.807) is 0 Å². The summed E-state index contributed by atoms with van der Waals surface area (Å²) in [5.74, 6) is -0.398. The molecule has 1 heterocycles. The van der Waals surface area contributed by atoms with Crippen LogP contribution >= 0.6 is 0 Å². The Hall–Kier alpha value is -2.76. The summed E-state index contributed by atoms with van der Waals surface area (Å²) in [6, 6.07) is 5.94. The van der Waals surface area contributed by atoms with Gasteiger partial charge < -0.3 is 26.3 Å². The molecular formula is C13H13N3O3. The minimum absolute atomic E-state index is 0.0219. The lowest BCUT2D eigenvalue weighted by Crippen LogP contribution is -2.18. The fraction of sp³-hybridized carbons (Fsp3) is 0.0769. The predicted molar refractivity (Wildman–Crippen MR) is 72.7 cm³/mol. The van der Waals surface area contributed by atoms with Crippen molar-refractivity contribution >= 4 is 11.5 Å². The Morgan fingerprint density at radius 3 is 2.37 bits per heavy atom. The van der Waals surface area contributed by atoms with Gasteiger partial charge in [0.05, 0.1) is 11.3 Å². The molecule has 0 fully saturated rings. The summed E-state index contributed by atoms with van der Waals surface area (Å²) in [6.07, 6.45) is 0. The largest absolute Gasteiger partial charge is 0.508 e. The Morgan fingerprint density at radius 2 is 1.84 bits per heavy atom. The van der Waals surface area contributed by atoms with Crippen molar-refractivity contribution in [1.82, 2.24) is 4.98 Å². The quantitative estimate of drug-likeness (QED) is 0.523. The highest BCUT2D eigenvalue weighted by Crippen LogP contribution is 2.27.